The van der Waals surface area contributed by atoms with Crippen LogP contribution in [-0.2, 0) is 19.1 Å². The van der Waals surface area contributed by atoms with Crippen LogP contribution in [-0.4, -0.2) is 24.6 Å². The van der Waals surface area contributed by atoms with Gasteiger partial charge in [0.1, 0.15) is 12.7 Å². The van der Waals surface area contributed by atoms with Gasteiger partial charge in [0.2, 0.25) is 0 Å². The van der Waals surface area contributed by atoms with Crippen LogP contribution in [0, 0.1) is 5.41 Å². The third-order valence-electron chi connectivity index (χ3n) is 5.30. The van der Waals surface area contributed by atoms with Gasteiger partial charge in [0.05, 0.1) is 0 Å². The van der Waals surface area contributed by atoms with Crippen molar-refractivity contribution in [3.8, 4) is 0 Å². The van der Waals surface area contributed by atoms with E-state index in [1.54, 1.807) is 0 Å². The van der Waals surface area contributed by atoms with Crippen LogP contribution in [0.5, 0.6) is 0 Å². The maximum absolute atomic E-state index is 11.7. The Morgan fingerprint density at radius 1 is 1.14 bits per heavy atom. The van der Waals surface area contributed by atoms with Gasteiger partial charge in [-0.1, -0.05) is 48.8 Å². The number of esters is 2. The Hall–Kier alpha value is -2.10. The molecule has 0 N–H and O–H groups in total. The molecule has 156 valence electrons. The van der Waals surface area contributed by atoms with Crippen molar-refractivity contribution < 1.29 is 19.1 Å². The van der Waals surface area contributed by atoms with E-state index in [2.05, 4.69) is 20.8 Å². The summed E-state index contributed by atoms with van der Waals surface area (Å²) >= 11 is 0. The van der Waals surface area contributed by atoms with Crippen molar-refractivity contribution in [3.63, 3.8) is 0 Å². The van der Waals surface area contributed by atoms with Crippen molar-refractivity contribution in [3.05, 3.63) is 46.6 Å². The van der Waals surface area contributed by atoms with Crippen LogP contribution in [0.25, 0.3) is 0 Å². The number of carbonyl (C=O) groups is 2. The molecule has 0 saturated carbocycles. The van der Waals surface area contributed by atoms with Gasteiger partial charge in [0.15, 0.2) is 0 Å². The highest BCUT2D eigenvalue weighted by Gasteiger charge is 2.31. The summed E-state index contributed by atoms with van der Waals surface area (Å²) in [5.74, 6) is -0.547. The predicted octanol–water partition coefficient (Wildman–Crippen LogP) is 5.85. The van der Waals surface area contributed by atoms with Gasteiger partial charge in [0.25, 0.3) is 0 Å². The van der Waals surface area contributed by atoms with Gasteiger partial charge in [-0.3, -0.25) is 9.59 Å². The van der Waals surface area contributed by atoms with E-state index in [4.69, 9.17) is 9.47 Å². The zero-order chi connectivity index (χ0) is 21.3. The van der Waals surface area contributed by atoms with E-state index in [1.807, 2.05) is 38.2 Å². The quantitative estimate of drug-likeness (QED) is 0.297. The van der Waals surface area contributed by atoms with Gasteiger partial charge >= 0.3 is 11.9 Å². The van der Waals surface area contributed by atoms with E-state index in [-0.39, 0.29) is 30.1 Å². The van der Waals surface area contributed by atoms with Crippen LogP contribution >= 0.6 is 0 Å². The van der Waals surface area contributed by atoms with E-state index < -0.39 is 0 Å². The summed E-state index contributed by atoms with van der Waals surface area (Å²) < 4.78 is 10.6. The first kappa shape index (κ1) is 23.9. The van der Waals surface area contributed by atoms with Crippen molar-refractivity contribution in [1.29, 1.82) is 0 Å². The fraction of sp³-hybridized carbons (Fsp3) is 0.583. The Balaban J connectivity index is 2.91. The van der Waals surface area contributed by atoms with Crippen molar-refractivity contribution in [2.75, 3.05) is 6.61 Å². The lowest BCUT2D eigenvalue weighted by molar-refractivity contribution is -0.144. The van der Waals surface area contributed by atoms with Crippen LogP contribution in [0.2, 0.25) is 0 Å². The summed E-state index contributed by atoms with van der Waals surface area (Å²) in [6.45, 7) is 13.9. The Kier molecular flexibility index (Phi) is 9.44. The van der Waals surface area contributed by atoms with Crippen molar-refractivity contribution in [2.45, 2.75) is 80.3 Å². The Morgan fingerprint density at radius 2 is 1.82 bits per heavy atom. The molecule has 28 heavy (non-hydrogen) atoms. The topological polar surface area (TPSA) is 52.6 Å². The molecule has 0 saturated heterocycles. The standard InChI is InChI=1S/C24H36O4/c1-17(13-15-27-20(4)25)10-8-11-19(3)23(28-21(5)26)16-22-18(2)12-9-14-24(22,6)7/h8,10-11,13,23H,9,12,14-16H2,1-7H3/b10-8+,17-13?,19-11?. The van der Waals surface area contributed by atoms with E-state index in [1.165, 1.54) is 37.8 Å². The molecule has 1 unspecified atom stereocenters. The number of hydrogen-bond acceptors (Lipinski definition) is 4. The van der Waals surface area contributed by atoms with Crippen molar-refractivity contribution >= 4 is 11.9 Å². The number of rotatable bonds is 8. The van der Waals surface area contributed by atoms with Gasteiger partial charge in [-0.25, -0.2) is 0 Å². The lowest BCUT2D eigenvalue weighted by Crippen LogP contribution is -2.26. The summed E-state index contributed by atoms with van der Waals surface area (Å²) in [6.07, 6.45) is 11.7. The highest BCUT2D eigenvalue weighted by Crippen LogP contribution is 2.43. The summed E-state index contributed by atoms with van der Waals surface area (Å²) in [6, 6.07) is 0. The summed E-state index contributed by atoms with van der Waals surface area (Å²) in [7, 11) is 0. The Labute approximate surface area is 170 Å². The fourth-order valence-corrected chi connectivity index (χ4v) is 3.62. The maximum Gasteiger partial charge on any atom is 0.303 e. The monoisotopic (exact) mass is 388 g/mol. The first-order valence-corrected chi connectivity index (χ1v) is 10.0. The number of ether oxygens (including phenoxy) is 2. The number of carbonyl (C=O) groups excluding carboxylic acids is 2. The van der Waals surface area contributed by atoms with E-state index in [9.17, 15) is 9.59 Å². The highest BCUT2D eigenvalue weighted by molar-refractivity contribution is 5.66. The molecule has 0 aromatic rings. The molecule has 0 aromatic carbocycles. The molecular formula is C24H36O4. The van der Waals surface area contributed by atoms with Crippen LogP contribution in [0.3, 0.4) is 0 Å². The van der Waals surface area contributed by atoms with Gasteiger partial charge in [0, 0.05) is 20.3 Å². The first-order valence-electron chi connectivity index (χ1n) is 10.0. The lowest BCUT2D eigenvalue weighted by atomic mass is 9.70. The normalized spacial score (nSPS) is 19.0. The molecule has 0 aromatic heterocycles. The molecule has 1 aliphatic carbocycles. The zero-order valence-electron chi connectivity index (χ0n) is 18.6. The molecule has 0 bridgehead atoms. The SMILES string of the molecule is CC(=O)OCC=C(C)/C=C/C=C(C)C(CC1=C(C)CCCC1(C)C)OC(C)=O. The van der Waals surface area contributed by atoms with Crippen LogP contribution in [0.1, 0.15) is 74.1 Å². The Morgan fingerprint density at radius 3 is 2.39 bits per heavy atom. The smallest absolute Gasteiger partial charge is 0.303 e. The third-order valence-corrected chi connectivity index (χ3v) is 5.30. The van der Waals surface area contributed by atoms with Crippen molar-refractivity contribution in [2.24, 2.45) is 5.41 Å². The molecule has 0 spiro atoms. The predicted molar refractivity (Wildman–Crippen MR) is 114 cm³/mol. The molecular weight excluding hydrogens is 352 g/mol. The van der Waals surface area contributed by atoms with E-state index in [0.717, 1.165) is 24.0 Å². The van der Waals surface area contributed by atoms with Crippen LogP contribution in [0.15, 0.2) is 46.6 Å². The fourth-order valence-electron chi connectivity index (χ4n) is 3.62. The molecule has 1 aliphatic rings. The van der Waals surface area contributed by atoms with Crippen LogP contribution in [0.4, 0.5) is 0 Å². The molecule has 4 heteroatoms. The zero-order valence-corrected chi connectivity index (χ0v) is 18.6. The van der Waals surface area contributed by atoms with E-state index >= 15 is 0 Å². The molecule has 0 amide bonds. The first-order chi connectivity index (χ1) is 13.0. The second-order valence-corrected chi connectivity index (χ2v) is 8.32. The molecule has 0 aliphatic heterocycles. The maximum atomic E-state index is 11.7. The second-order valence-electron chi connectivity index (χ2n) is 8.32. The van der Waals surface area contributed by atoms with Crippen molar-refractivity contribution in [1.82, 2.24) is 0 Å². The minimum atomic E-state index is -0.289. The van der Waals surface area contributed by atoms with Gasteiger partial charge in [-0.05, 0) is 57.1 Å². The van der Waals surface area contributed by atoms with E-state index in [0.29, 0.717) is 0 Å². The van der Waals surface area contributed by atoms with Gasteiger partial charge in [-0.15, -0.1) is 0 Å². The molecule has 0 heterocycles. The minimum absolute atomic E-state index is 0.146. The third kappa shape index (κ3) is 8.28. The molecule has 1 atom stereocenters. The second kappa shape index (κ2) is 11.0. The summed E-state index contributed by atoms with van der Waals surface area (Å²) in [5.41, 5.74) is 5.01. The molecule has 4 nitrogen and oxygen atoms in total. The average molecular weight is 389 g/mol. The number of allylic oxidation sites excluding steroid dienone is 5. The Bertz CT molecular complexity index is 689. The molecule has 0 fully saturated rings. The van der Waals surface area contributed by atoms with Gasteiger partial charge in [-0.2, -0.15) is 0 Å². The highest BCUT2D eigenvalue weighted by atomic mass is 16.5. The van der Waals surface area contributed by atoms with Gasteiger partial charge < -0.3 is 9.47 Å². The molecule has 0 radical (unpaired) electrons. The largest absolute Gasteiger partial charge is 0.462 e. The lowest BCUT2D eigenvalue weighted by Gasteiger charge is -2.36. The average Bonchev–Trinajstić information content (AvgIpc) is 2.56. The summed E-state index contributed by atoms with van der Waals surface area (Å²) in [5, 5.41) is 0. The summed E-state index contributed by atoms with van der Waals surface area (Å²) in [4.78, 5) is 22.5. The molecule has 1 rings (SSSR count). The van der Waals surface area contributed by atoms with Crippen LogP contribution < -0.4 is 0 Å². The number of hydrogen-bond donors (Lipinski definition) is 0. The minimum Gasteiger partial charge on any atom is -0.462 e.